The van der Waals surface area contributed by atoms with E-state index in [-0.39, 0.29) is 17.8 Å². The predicted molar refractivity (Wildman–Crippen MR) is 111 cm³/mol. The van der Waals surface area contributed by atoms with Crippen molar-refractivity contribution in [2.75, 3.05) is 12.8 Å². The minimum atomic E-state index is -2.61. The normalized spacial score (nSPS) is 19.6. The number of hydrogen-bond acceptors (Lipinski definition) is 7. The molecule has 0 bridgehead atoms. The largest absolute Gasteiger partial charge is 0.494 e. The first-order valence-electron chi connectivity index (χ1n) is 9.94. The first-order chi connectivity index (χ1) is 15.0. The molecule has 31 heavy (non-hydrogen) atoms. The molecular weight excluding hydrogens is 404 g/mol. The SMILES string of the molecule is COc1cccc2c1nc(N)n1nc([C@H]3C[C@H](c4ccc([C@@H](N)C(F)F)cn4)C3)nc21. The Morgan fingerprint density at radius 2 is 1.94 bits per heavy atom. The maximum absolute atomic E-state index is 12.8. The van der Waals surface area contributed by atoms with Crippen molar-refractivity contribution in [3.05, 3.63) is 53.6 Å². The lowest BCUT2D eigenvalue weighted by Gasteiger charge is -2.33. The number of ether oxygens (including phenoxy) is 1. The molecule has 1 aliphatic rings. The molecule has 10 heteroatoms. The molecule has 1 aromatic carbocycles. The Morgan fingerprint density at radius 3 is 2.61 bits per heavy atom. The Kier molecular flexibility index (Phi) is 4.66. The molecule has 0 saturated heterocycles. The summed E-state index contributed by atoms with van der Waals surface area (Å²) in [6, 6.07) is 7.70. The molecule has 1 fully saturated rings. The fourth-order valence-corrected chi connectivity index (χ4v) is 4.05. The van der Waals surface area contributed by atoms with E-state index in [4.69, 9.17) is 21.2 Å². The average Bonchev–Trinajstić information content (AvgIpc) is 3.18. The third-order valence-corrected chi connectivity index (χ3v) is 5.91. The zero-order valence-corrected chi connectivity index (χ0v) is 16.7. The van der Waals surface area contributed by atoms with Crippen LogP contribution in [-0.4, -0.2) is 38.1 Å². The Hall–Kier alpha value is -3.40. The second kappa shape index (κ2) is 7.38. The number of alkyl halides is 2. The molecule has 0 unspecified atom stereocenters. The van der Waals surface area contributed by atoms with Gasteiger partial charge in [-0.1, -0.05) is 12.1 Å². The van der Waals surface area contributed by atoms with Gasteiger partial charge in [0.2, 0.25) is 5.95 Å². The molecule has 1 atom stereocenters. The van der Waals surface area contributed by atoms with Crippen molar-refractivity contribution in [2.45, 2.75) is 37.1 Å². The number of nitrogen functional groups attached to an aromatic ring is 1. The van der Waals surface area contributed by atoms with E-state index in [1.165, 1.54) is 6.20 Å². The standard InChI is InChI=1S/C21H21F2N7O/c1-31-15-4-2-3-13-17(15)27-21(25)30-20(13)28-19(29-30)12-7-11(8-12)14-6-5-10(9-26-14)16(24)18(22)23/h2-6,9,11-12,16,18H,7-8,24H2,1H3,(H2,25,27)/t11-,12-,16-/m1/s1. The molecule has 3 aromatic heterocycles. The van der Waals surface area contributed by atoms with Crippen LogP contribution in [0, 0.1) is 0 Å². The number of pyridine rings is 1. The van der Waals surface area contributed by atoms with Crippen molar-refractivity contribution in [3.8, 4) is 5.75 Å². The maximum Gasteiger partial charge on any atom is 0.257 e. The highest BCUT2D eigenvalue weighted by Crippen LogP contribution is 2.46. The first-order valence-corrected chi connectivity index (χ1v) is 9.94. The fraction of sp³-hybridized carbons (Fsp3) is 0.333. The number of benzene rings is 1. The summed E-state index contributed by atoms with van der Waals surface area (Å²) in [6.07, 6.45) is 0.464. The number of aromatic nitrogens is 5. The monoisotopic (exact) mass is 425 g/mol. The summed E-state index contributed by atoms with van der Waals surface area (Å²) in [5.41, 5.74) is 14.1. The molecule has 4 N–H and O–H groups in total. The molecule has 1 saturated carbocycles. The van der Waals surface area contributed by atoms with Crippen molar-refractivity contribution in [3.63, 3.8) is 0 Å². The van der Waals surface area contributed by atoms with Crippen molar-refractivity contribution in [1.29, 1.82) is 0 Å². The summed E-state index contributed by atoms with van der Waals surface area (Å²) in [6.45, 7) is 0. The predicted octanol–water partition coefficient (Wildman–Crippen LogP) is 3.19. The van der Waals surface area contributed by atoms with Crippen molar-refractivity contribution >= 4 is 22.5 Å². The van der Waals surface area contributed by atoms with Gasteiger partial charge in [-0.3, -0.25) is 4.98 Å². The van der Waals surface area contributed by atoms with Gasteiger partial charge in [-0.2, -0.15) is 4.52 Å². The smallest absolute Gasteiger partial charge is 0.257 e. The van der Waals surface area contributed by atoms with Crippen LogP contribution in [0.1, 0.15) is 47.8 Å². The van der Waals surface area contributed by atoms with Crippen LogP contribution in [0.3, 0.4) is 0 Å². The van der Waals surface area contributed by atoms with Crippen LogP contribution >= 0.6 is 0 Å². The Balaban J connectivity index is 1.38. The van der Waals surface area contributed by atoms with Crippen LogP contribution in [0.4, 0.5) is 14.7 Å². The summed E-state index contributed by atoms with van der Waals surface area (Å²) < 4.78 is 32.5. The van der Waals surface area contributed by atoms with E-state index in [0.717, 1.165) is 23.9 Å². The molecule has 5 rings (SSSR count). The van der Waals surface area contributed by atoms with Gasteiger partial charge >= 0.3 is 0 Å². The third kappa shape index (κ3) is 3.23. The van der Waals surface area contributed by atoms with Gasteiger partial charge in [-0.05, 0) is 36.6 Å². The fourth-order valence-electron chi connectivity index (χ4n) is 4.05. The number of methoxy groups -OCH3 is 1. The van der Waals surface area contributed by atoms with E-state index < -0.39 is 12.5 Å². The highest BCUT2D eigenvalue weighted by molar-refractivity contribution is 5.95. The van der Waals surface area contributed by atoms with Crippen molar-refractivity contribution < 1.29 is 13.5 Å². The molecule has 160 valence electrons. The van der Waals surface area contributed by atoms with Gasteiger partial charge in [0.25, 0.3) is 6.43 Å². The number of rotatable bonds is 5. The topological polar surface area (TPSA) is 117 Å². The minimum Gasteiger partial charge on any atom is -0.494 e. The van der Waals surface area contributed by atoms with Crippen LogP contribution in [-0.2, 0) is 0 Å². The number of fused-ring (bicyclic) bond motifs is 3. The molecule has 4 aromatic rings. The van der Waals surface area contributed by atoms with Gasteiger partial charge in [0.1, 0.15) is 11.3 Å². The summed E-state index contributed by atoms with van der Waals surface area (Å²) in [5.74, 6) is 1.96. The van der Waals surface area contributed by atoms with Crippen molar-refractivity contribution in [2.24, 2.45) is 5.73 Å². The van der Waals surface area contributed by atoms with Crippen molar-refractivity contribution in [1.82, 2.24) is 24.6 Å². The molecule has 0 amide bonds. The minimum absolute atomic E-state index is 0.162. The van der Waals surface area contributed by atoms with Crippen LogP contribution in [0.15, 0.2) is 36.5 Å². The molecule has 8 nitrogen and oxygen atoms in total. The Bertz CT molecular complexity index is 1250. The van der Waals surface area contributed by atoms with Crippen LogP contribution in [0.2, 0.25) is 0 Å². The maximum atomic E-state index is 12.8. The van der Waals surface area contributed by atoms with Gasteiger partial charge in [0.05, 0.1) is 13.2 Å². The van der Waals surface area contributed by atoms with E-state index in [1.54, 1.807) is 23.8 Å². The molecule has 0 spiro atoms. The third-order valence-electron chi connectivity index (χ3n) is 5.91. The van der Waals surface area contributed by atoms with Crippen LogP contribution in [0.25, 0.3) is 16.6 Å². The highest BCUT2D eigenvalue weighted by Gasteiger charge is 2.35. The number of para-hydroxylation sites is 1. The Morgan fingerprint density at radius 1 is 1.13 bits per heavy atom. The number of nitrogens with two attached hydrogens (primary N) is 2. The Labute approximate surface area is 176 Å². The van der Waals surface area contributed by atoms with E-state index in [0.29, 0.717) is 28.3 Å². The van der Waals surface area contributed by atoms with Gasteiger partial charge in [0, 0.05) is 29.1 Å². The van der Waals surface area contributed by atoms with E-state index in [2.05, 4.69) is 15.1 Å². The number of halogens is 2. The van der Waals surface area contributed by atoms with Gasteiger partial charge in [0.15, 0.2) is 11.5 Å². The lowest BCUT2D eigenvalue weighted by atomic mass is 9.72. The molecular formula is C21H21F2N7O. The quantitative estimate of drug-likeness (QED) is 0.504. The van der Waals surface area contributed by atoms with Crippen LogP contribution in [0.5, 0.6) is 5.75 Å². The summed E-state index contributed by atoms with van der Waals surface area (Å²) in [4.78, 5) is 13.5. The first kappa shape index (κ1) is 19.6. The second-order valence-corrected chi connectivity index (χ2v) is 7.77. The molecule has 0 aliphatic heterocycles. The zero-order chi connectivity index (χ0) is 21.7. The summed E-state index contributed by atoms with van der Waals surface area (Å²) in [5, 5.41) is 5.40. The lowest BCUT2D eigenvalue weighted by molar-refractivity contribution is 0.116. The van der Waals surface area contributed by atoms with Gasteiger partial charge in [-0.25, -0.2) is 18.7 Å². The molecule has 0 radical (unpaired) electrons. The van der Waals surface area contributed by atoms with Gasteiger partial charge in [-0.15, -0.1) is 5.10 Å². The number of nitrogens with zero attached hydrogens (tertiary/aromatic N) is 5. The second-order valence-electron chi connectivity index (χ2n) is 7.77. The van der Waals surface area contributed by atoms with E-state index in [1.807, 2.05) is 18.2 Å². The van der Waals surface area contributed by atoms with E-state index in [9.17, 15) is 8.78 Å². The number of hydrogen-bond donors (Lipinski definition) is 2. The summed E-state index contributed by atoms with van der Waals surface area (Å²) in [7, 11) is 1.59. The zero-order valence-electron chi connectivity index (χ0n) is 16.7. The molecule has 3 heterocycles. The number of anilines is 1. The summed E-state index contributed by atoms with van der Waals surface area (Å²) >= 11 is 0. The average molecular weight is 425 g/mol. The van der Waals surface area contributed by atoms with Crippen LogP contribution < -0.4 is 16.2 Å². The van der Waals surface area contributed by atoms with E-state index >= 15 is 0 Å². The molecule has 1 aliphatic carbocycles. The lowest BCUT2D eigenvalue weighted by Crippen LogP contribution is -2.23. The van der Waals surface area contributed by atoms with Gasteiger partial charge < -0.3 is 16.2 Å². The highest BCUT2D eigenvalue weighted by atomic mass is 19.3.